The molecule has 32 heavy (non-hydrogen) atoms. The molecule has 1 aliphatic heterocycles. The zero-order valence-electron chi connectivity index (χ0n) is 17.1. The lowest BCUT2D eigenvalue weighted by molar-refractivity contribution is -0.274. The van der Waals surface area contributed by atoms with Crippen molar-refractivity contribution in [3.8, 4) is 5.75 Å². The van der Waals surface area contributed by atoms with E-state index in [1.54, 1.807) is 29.2 Å². The molecule has 1 saturated heterocycles. The van der Waals surface area contributed by atoms with Crippen molar-refractivity contribution in [2.24, 2.45) is 0 Å². The average Bonchev–Trinajstić information content (AvgIpc) is 2.73. The molecular formula is C22H20F3N3O4. The summed E-state index contributed by atoms with van der Waals surface area (Å²) in [6.45, 7) is 2.17. The highest BCUT2D eigenvalue weighted by atomic mass is 19.4. The van der Waals surface area contributed by atoms with Gasteiger partial charge in [-0.2, -0.15) is 0 Å². The van der Waals surface area contributed by atoms with Crippen LogP contribution in [0.2, 0.25) is 0 Å². The number of nitrogens with zero attached hydrogens (tertiary/aromatic N) is 2. The molecule has 0 bridgehead atoms. The number of likely N-dealkylation sites (tertiary alicyclic amines) is 1. The van der Waals surface area contributed by atoms with E-state index >= 15 is 0 Å². The fourth-order valence-electron chi connectivity index (χ4n) is 4.20. The van der Waals surface area contributed by atoms with Crippen molar-refractivity contribution < 1.29 is 22.7 Å². The Morgan fingerprint density at radius 1 is 1.09 bits per heavy atom. The predicted molar refractivity (Wildman–Crippen MR) is 111 cm³/mol. The lowest BCUT2D eigenvalue weighted by atomic mass is 9.96. The second kappa shape index (κ2) is 8.18. The third-order valence-electron chi connectivity index (χ3n) is 5.63. The first kappa shape index (κ1) is 21.7. The van der Waals surface area contributed by atoms with Gasteiger partial charge in [-0.3, -0.25) is 19.0 Å². The molecule has 0 spiro atoms. The van der Waals surface area contributed by atoms with Crippen molar-refractivity contribution >= 4 is 16.9 Å². The van der Waals surface area contributed by atoms with Crippen molar-refractivity contribution in [2.75, 3.05) is 6.54 Å². The molecule has 1 N–H and O–H groups in total. The number of H-pyrrole nitrogens is 1. The number of hydrogen-bond donors (Lipinski definition) is 1. The number of amides is 1. The van der Waals surface area contributed by atoms with Crippen LogP contribution >= 0.6 is 0 Å². The molecule has 2 aromatic carbocycles. The first-order chi connectivity index (χ1) is 15.1. The molecule has 2 heterocycles. The molecule has 0 aliphatic carbocycles. The Hall–Kier alpha value is -3.56. The van der Waals surface area contributed by atoms with Crippen LogP contribution in [0.1, 0.15) is 36.2 Å². The van der Waals surface area contributed by atoms with E-state index in [4.69, 9.17) is 0 Å². The van der Waals surface area contributed by atoms with Gasteiger partial charge in [0.1, 0.15) is 5.75 Å². The molecule has 2 unspecified atom stereocenters. The van der Waals surface area contributed by atoms with Crippen molar-refractivity contribution in [1.29, 1.82) is 0 Å². The second-order valence-corrected chi connectivity index (χ2v) is 7.74. The van der Waals surface area contributed by atoms with Crippen molar-refractivity contribution in [2.45, 2.75) is 38.2 Å². The van der Waals surface area contributed by atoms with Gasteiger partial charge in [0.25, 0.3) is 5.91 Å². The molecule has 4 rings (SSSR count). The molecule has 1 fully saturated rings. The summed E-state index contributed by atoms with van der Waals surface area (Å²) < 4.78 is 42.3. The number of halogens is 3. The number of carbonyl (C=O) groups excluding carboxylic acids is 1. The number of alkyl halides is 3. The quantitative estimate of drug-likeness (QED) is 0.624. The molecule has 7 nitrogen and oxygen atoms in total. The van der Waals surface area contributed by atoms with E-state index in [1.165, 1.54) is 16.7 Å². The number of aromatic nitrogens is 2. The standard InChI is InChI=1S/C22H20F3N3O4/c1-13-12-15(28-18-5-3-2-4-17(18)26-19(29)21(28)31)10-11-27(13)20(30)14-6-8-16(9-7-14)32-22(23,24)25/h2-9,13,15H,10-12H2,1H3,(H,26,29). The number of para-hydroxylation sites is 2. The van der Waals surface area contributed by atoms with Crippen LogP contribution in [-0.4, -0.2) is 39.3 Å². The van der Waals surface area contributed by atoms with Gasteiger partial charge in [0, 0.05) is 24.2 Å². The first-order valence-electron chi connectivity index (χ1n) is 10.0. The van der Waals surface area contributed by atoms with Crippen LogP contribution in [0.15, 0.2) is 58.1 Å². The van der Waals surface area contributed by atoms with E-state index in [2.05, 4.69) is 9.72 Å². The highest BCUT2D eigenvalue weighted by molar-refractivity contribution is 5.94. The highest BCUT2D eigenvalue weighted by Crippen LogP contribution is 2.30. The van der Waals surface area contributed by atoms with E-state index < -0.39 is 23.2 Å². The Labute approximate surface area is 180 Å². The summed E-state index contributed by atoms with van der Waals surface area (Å²) in [6, 6.07) is 11.3. The fourth-order valence-corrected chi connectivity index (χ4v) is 4.20. The van der Waals surface area contributed by atoms with Gasteiger partial charge in [-0.05, 0) is 56.2 Å². The van der Waals surface area contributed by atoms with Crippen LogP contribution in [-0.2, 0) is 0 Å². The average molecular weight is 447 g/mol. The molecule has 3 aromatic rings. The van der Waals surface area contributed by atoms with Gasteiger partial charge in [0.15, 0.2) is 0 Å². The minimum Gasteiger partial charge on any atom is -0.406 e. The third kappa shape index (κ3) is 4.25. The minimum atomic E-state index is -4.80. The number of ether oxygens (including phenoxy) is 1. The molecule has 0 radical (unpaired) electrons. The monoisotopic (exact) mass is 447 g/mol. The van der Waals surface area contributed by atoms with Gasteiger partial charge in [-0.25, -0.2) is 0 Å². The molecule has 168 valence electrons. The Morgan fingerprint density at radius 2 is 1.78 bits per heavy atom. The smallest absolute Gasteiger partial charge is 0.406 e. The van der Waals surface area contributed by atoms with Gasteiger partial charge in [0.2, 0.25) is 0 Å². The SMILES string of the molecule is CC1CC(n2c(=O)c(=O)[nH]c3ccccc32)CCN1C(=O)c1ccc(OC(F)(F)F)cc1. The van der Waals surface area contributed by atoms with E-state index in [0.29, 0.717) is 30.4 Å². The maximum absolute atomic E-state index is 12.9. The molecule has 0 saturated carbocycles. The van der Waals surface area contributed by atoms with Gasteiger partial charge < -0.3 is 14.6 Å². The summed E-state index contributed by atoms with van der Waals surface area (Å²) in [6.07, 6.45) is -3.89. The van der Waals surface area contributed by atoms with Crippen LogP contribution in [0.5, 0.6) is 5.75 Å². The summed E-state index contributed by atoms with van der Waals surface area (Å²) in [5.41, 5.74) is 0.0827. The zero-order valence-corrected chi connectivity index (χ0v) is 17.1. The van der Waals surface area contributed by atoms with E-state index in [0.717, 1.165) is 12.1 Å². The fraction of sp³-hybridized carbons (Fsp3) is 0.318. The third-order valence-corrected chi connectivity index (χ3v) is 5.63. The molecule has 2 atom stereocenters. The summed E-state index contributed by atoms with van der Waals surface area (Å²) in [7, 11) is 0. The number of aromatic amines is 1. The molecular weight excluding hydrogens is 427 g/mol. The van der Waals surface area contributed by atoms with Gasteiger partial charge >= 0.3 is 17.5 Å². The highest BCUT2D eigenvalue weighted by Gasteiger charge is 2.33. The number of carbonyl (C=O) groups is 1. The molecule has 10 heteroatoms. The van der Waals surface area contributed by atoms with Crippen molar-refractivity contribution in [3.63, 3.8) is 0 Å². The Kier molecular flexibility index (Phi) is 5.53. The maximum Gasteiger partial charge on any atom is 0.573 e. The summed E-state index contributed by atoms with van der Waals surface area (Å²) in [5, 5.41) is 0. The maximum atomic E-state index is 12.9. The van der Waals surface area contributed by atoms with E-state index in [-0.39, 0.29) is 23.6 Å². The Balaban J connectivity index is 1.54. The van der Waals surface area contributed by atoms with Crippen LogP contribution in [0, 0.1) is 0 Å². The normalized spacial score (nSPS) is 19.2. The number of rotatable bonds is 3. The van der Waals surface area contributed by atoms with Crippen LogP contribution in [0.4, 0.5) is 13.2 Å². The molecule has 1 aromatic heterocycles. The van der Waals surface area contributed by atoms with Gasteiger partial charge in [-0.1, -0.05) is 12.1 Å². The molecule has 1 aliphatic rings. The van der Waals surface area contributed by atoms with Crippen LogP contribution in [0.3, 0.4) is 0 Å². The number of nitrogens with one attached hydrogen (secondary N) is 1. The van der Waals surface area contributed by atoms with E-state index in [1.807, 2.05) is 6.92 Å². The predicted octanol–water partition coefficient (Wildman–Crippen LogP) is 3.45. The first-order valence-corrected chi connectivity index (χ1v) is 10.0. The summed E-state index contributed by atoms with van der Waals surface area (Å²) >= 11 is 0. The number of fused-ring (bicyclic) bond motifs is 1. The number of benzene rings is 2. The minimum absolute atomic E-state index is 0.239. The van der Waals surface area contributed by atoms with Crippen LogP contribution < -0.4 is 15.9 Å². The Morgan fingerprint density at radius 3 is 2.44 bits per heavy atom. The topological polar surface area (TPSA) is 84.4 Å². The van der Waals surface area contributed by atoms with Crippen molar-refractivity contribution in [3.05, 3.63) is 74.8 Å². The van der Waals surface area contributed by atoms with Crippen LogP contribution in [0.25, 0.3) is 11.0 Å². The Bertz CT molecular complexity index is 1260. The lowest BCUT2D eigenvalue weighted by Crippen LogP contribution is -2.48. The zero-order chi connectivity index (χ0) is 23.0. The van der Waals surface area contributed by atoms with Gasteiger partial charge in [0.05, 0.1) is 11.0 Å². The number of hydrogen-bond acceptors (Lipinski definition) is 4. The van der Waals surface area contributed by atoms with E-state index in [9.17, 15) is 27.6 Å². The molecule has 1 amide bonds. The van der Waals surface area contributed by atoms with Gasteiger partial charge in [-0.15, -0.1) is 13.2 Å². The second-order valence-electron chi connectivity index (χ2n) is 7.74. The van der Waals surface area contributed by atoms with Crippen molar-refractivity contribution in [1.82, 2.24) is 14.5 Å². The lowest BCUT2D eigenvalue weighted by Gasteiger charge is -2.38. The summed E-state index contributed by atoms with van der Waals surface area (Å²) in [4.78, 5) is 41.8. The number of piperidine rings is 1. The largest absolute Gasteiger partial charge is 0.573 e. The summed E-state index contributed by atoms with van der Waals surface area (Å²) in [5.74, 6) is -0.723.